The molecule has 0 saturated carbocycles. The Hall–Kier alpha value is -3.55. The Morgan fingerprint density at radius 1 is 1.07 bits per heavy atom. The molecular formula is C22H25N3O5. The van der Waals surface area contributed by atoms with Crippen molar-refractivity contribution in [1.82, 2.24) is 9.13 Å². The molecule has 1 aromatic heterocycles. The molecule has 0 aliphatic heterocycles. The van der Waals surface area contributed by atoms with E-state index in [2.05, 4.69) is 5.32 Å². The average Bonchev–Trinajstić information content (AvgIpc) is 2.76. The molecule has 3 rings (SSSR count). The van der Waals surface area contributed by atoms with Gasteiger partial charge in [-0.15, -0.1) is 0 Å². The van der Waals surface area contributed by atoms with E-state index in [1.54, 1.807) is 42.5 Å². The van der Waals surface area contributed by atoms with Gasteiger partial charge < -0.3 is 14.8 Å². The van der Waals surface area contributed by atoms with Gasteiger partial charge in [0.25, 0.3) is 5.56 Å². The van der Waals surface area contributed by atoms with Crippen molar-refractivity contribution in [2.24, 2.45) is 0 Å². The van der Waals surface area contributed by atoms with Crippen molar-refractivity contribution in [3.63, 3.8) is 0 Å². The Balaban J connectivity index is 2.00. The highest BCUT2D eigenvalue weighted by molar-refractivity contribution is 5.92. The van der Waals surface area contributed by atoms with E-state index in [1.807, 2.05) is 13.8 Å². The molecule has 0 aliphatic carbocycles. The molecule has 30 heavy (non-hydrogen) atoms. The molecule has 0 aliphatic rings. The number of benzene rings is 2. The predicted octanol–water partition coefficient (Wildman–Crippen LogP) is 2.79. The van der Waals surface area contributed by atoms with Crippen molar-refractivity contribution in [3.05, 3.63) is 63.3 Å². The van der Waals surface area contributed by atoms with Crippen molar-refractivity contribution in [2.45, 2.75) is 32.9 Å². The molecule has 0 unspecified atom stereocenters. The summed E-state index contributed by atoms with van der Waals surface area (Å²) in [5.74, 6) is 0.616. The van der Waals surface area contributed by atoms with E-state index in [0.717, 1.165) is 0 Å². The second-order valence-corrected chi connectivity index (χ2v) is 6.94. The summed E-state index contributed by atoms with van der Waals surface area (Å²) in [6, 6.07) is 11.5. The molecule has 1 N–H and O–H groups in total. The van der Waals surface area contributed by atoms with Crippen LogP contribution in [0.15, 0.2) is 52.1 Å². The van der Waals surface area contributed by atoms with Crippen molar-refractivity contribution in [3.8, 4) is 11.5 Å². The maximum atomic E-state index is 13.1. The first-order valence-electron chi connectivity index (χ1n) is 9.67. The minimum absolute atomic E-state index is 0.232. The number of methoxy groups -OCH3 is 2. The molecule has 8 nitrogen and oxygen atoms in total. The molecule has 158 valence electrons. The van der Waals surface area contributed by atoms with Gasteiger partial charge in [0.1, 0.15) is 6.54 Å². The molecule has 0 spiro atoms. The molecule has 1 atom stereocenters. The van der Waals surface area contributed by atoms with E-state index in [0.29, 0.717) is 34.5 Å². The summed E-state index contributed by atoms with van der Waals surface area (Å²) in [7, 11) is 3.03. The minimum atomic E-state index is -0.504. The van der Waals surface area contributed by atoms with Crippen LogP contribution in [0.25, 0.3) is 10.9 Å². The summed E-state index contributed by atoms with van der Waals surface area (Å²) in [6.07, 6.45) is 0.616. The van der Waals surface area contributed by atoms with Gasteiger partial charge in [-0.05, 0) is 37.6 Å². The third-order valence-electron chi connectivity index (χ3n) is 5.08. The van der Waals surface area contributed by atoms with E-state index >= 15 is 0 Å². The number of aromatic nitrogens is 2. The molecular weight excluding hydrogens is 386 g/mol. The number of nitrogens with one attached hydrogen (secondary N) is 1. The summed E-state index contributed by atoms with van der Waals surface area (Å²) in [4.78, 5) is 38.7. The van der Waals surface area contributed by atoms with Crippen LogP contribution in [0.4, 0.5) is 5.69 Å². The third-order valence-corrected chi connectivity index (χ3v) is 5.08. The van der Waals surface area contributed by atoms with Crippen molar-refractivity contribution in [2.75, 3.05) is 19.5 Å². The lowest BCUT2D eigenvalue weighted by atomic mass is 10.2. The van der Waals surface area contributed by atoms with E-state index < -0.39 is 11.6 Å². The Bertz CT molecular complexity index is 1200. The number of ether oxygens (including phenoxy) is 2. The van der Waals surface area contributed by atoms with Gasteiger partial charge in [-0.3, -0.25) is 18.7 Å². The van der Waals surface area contributed by atoms with Crippen LogP contribution in [-0.2, 0) is 11.3 Å². The summed E-state index contributed by atoms with van der Waals surface area (Å²) < 4.78 is 13.0. The molecule has 1 heterocycles. The Kier molecular flexibility index (Phi) is 6.25. The Morgan fingerprint density at radius 3 is 2.43 bits per heavy atom. The number of amides is 1. The molecule has 0 saturated heterocycles. The van der Waals surface area contributed by atoms with Crippen molar-refractivity contribution in [1.29, 1.82) is 0 Å². The first kappa shape index (κ1) is 21.2. The van der Waals surface area contributed by atoms with Crippen LogP contribution < -0.4 is 26.0 Å². The predicted molar refractivity (Wildman–Crippen MR) is 116 cm³/mol. The molecule has 0 bridgehead atoms. The lowest BCUT2D eigenvalue weighted by Gasteiger charge is -2.17. The van der Waals surface area contributed by atoms with E-state index in [1.165, 1.54) is 23.4 Å². The fourth-order valence-electron chi connectivity index (χ4n) is 3.32. The second kappa shape index (κ2) is 8.86. The number of carbonyl (C=O) groups excluding carboxylic acids is 1. The number of para-hydroxylation sites is 1. The van der Waals surface area contributed by atoms with Crippen molar-refractivity contribution >= 4 is 22.5 Å². The molecule has 0 fully saturated rings. The van der Waals surface area contributed by atoms with Crippen LogP contribution in [0.2, 0.25) is 0 Å². The van der Waals surface area contributed by atoms with Crippen LogP contribution in [0.3, 0.4) is 0 Å². The molecule has 2 aromatic carbocycles. The Labute approximate surface area is 173 Å². The first-order valence-corrected chi connectivity index (χ1v) is 9.67. The van der Waals surface area contributed by atoms with Crippen LogP contribution in [-0.4, -0.2) is 29.3 Å². The smallest absolute Gasteiger partial charge is 0.332 e. The summed E-state index contributed by atoms with van der Waals surface area (Å²) >= 11 is 0. The van der Waals surface area contributed by atoms with E-state index in [4.69, 9.17) is 9.47 Å². The number of hydrogen-bond donors (Lipinski definition) is 1. The fourth-order valence-corrected chi connectivity index (χ4v) is 3.32. The lowest BCUT2D eigenvalue weighted by Crippen LogP contribution is -2.43. The van der Waals surface area contributed by atoms with Crippen LogP contribution in [0, 0.1) is 0 Å². The second-order valence-electron chi connectivity index (χ2n) is 6.94. The number of rotatable bonds is 7. The van der Waals surface area contributed by atoms with Crippen molar-refractivity contribution < 1.29 is 14.3 Å². The quantitative estimate of drug-likeness (QED) is 0.646. The highest BCUT2D eigenvalue weighted by Crippen LogP contribution is 2.29. The zero-order valence-corrected chi connectivity index (χ0v) is 17.5. The van der Waals surface area contributed by atoms with Gasteiger partial charge in [-0.1, -0.05) is 19.1 Å². The molecule has 0 radical (unpaired) electrons. The highest BCUT2D eigenvalue weighted by atomic mass is 16.5. The van der Waals surface area contributed by atoms with Crippen LogP contribution >= 0.6 is 0 Å². The maximum Gasteiger partial charge on any atom is 0.332 e. The third kappa shape index (κ3) is 3.94. The van der Waals surface area contributed by atoms with E-state index in [-0.39, 0.29) is 18.1 Å². The topological polar surface area (TPSA) is 91.6 Å². The van der Waals surface area contributed by atoms with Crippen LogP contribution in [0.5, 0.6) is 11.5 Å². The van der Waals surface area contributed by atoms with Gasteiger partial charge in [0.05, 0.1) is 25.1 Å². The summed E-state index contributed by atoms with van der Waals surface area (Å²) in [5, 5.41) is 3.16. The highest BCUT2D eigenvalue weighted by Gasteiger charge is 2.18. The molecule has 1 amide bonds. The number of carbonyl (C=O) groups is 1. The molecule has 8 heteroatoms. The zero-order valence-electron chi connectivity index (χ0n) is 17.5. The normalized spacial score (nSPS) is 11.9. The van der Waals surface area contributed by atoms with Gasteiger partial charge in [-0.2, -0.15) is 0 Å². The maximum absolute atomic E-state index is 13.1. The number of hydrogen-bond acceptors (Lipinski definition) is 5. The largest absolute Gasteiger partial charge is 0.493 e. The van der Waals surface area contributed by atoms with Gasteiger partial charge in [0, 0.05) is 17.8 Å². The fraction of sp³-hybridized carbons (Fsp3) is 0.318. The molecule has 3 aromatic rings. The van der Waals surface area contributed by atoms with Gasteiger partial charge >= 0.3 is 5.69 Å². The van der Waals surface area contributed by atoms with E-state index in [9.17, 15) is 14.4 Å². The standard InChI is InChI=1S/C22H25N3O5/c1-5-14(2)25-21(27)16-8-6-7-9-17(16)24(22(25)28)13-20(26)23-15-10-11-18(29-3)19(12-15)30-4/h6-12,14H,5,13H2,1-4H3,(H,23,26)/t14-/m1/s1. The van der Waals surface area contributed by atoms with Crippen LogP contribution in [0.1, 0.15) is 26.3 Å². The van der Waals surface area contributed by atoms with Gasteiger partial charge in [0.15, 0.2) is 11.5 Å². The minimum Gasteiger partial charge on any atom is -0.493 e. The number of nitrogens with zero attached hydrogens (tertiary/aromatic N) is 2. The van der Waals surface area contributed by atoms with Gasteiger partial charge in [0.2, 0.25) is 5.91 Å². The first-order chi connectivity index (χ1) is 14.4. The van der Waals surface area contributed by atoms with Gasteiger partial charge in [-0.25, -0.2) is 4.79 Å². The summed E-state index contributed by atoms with van der Waals surface area (Å²) in [5.41, 5.74) is 0.0803. The lowest BCUT2D eigenvalue weighted by molar-refractivity contribution is -0.116. The number of anilines is 1. The number of fused-ring (bicyclic) bond motifs is 1. The zero-order chi connectivity index (χ0) is 21.8. The SMILES string of the molecule is CC[C@@H](C)n1c(=O)c2ccccc2n(CC(=O)Nc2ccc(OC)c(OC)c2)c1=O. The average molecular weight is 411 g/mol. The monoisotopic (exact) mass is 411 g/mol. The summed E-state index contributed by atoms with van der Waals surface area (Å²) in [6.45, 7) is 3.48. The Morgan fingerprint density at radius 2 is 1.77 bits per heavy atom.